The maximum absolute atomic E-state index is 13.5. The second-order valence-corrected chi connectivity index (χ2v) is 9.36. The highest BCUT2D eigenvalue weighted by Crippen LogP contribution is 2.36. The second kappa shape index (κ2) is 10.3. The number of phenols is 1. The van der Waals surface area contributed by atoms with Crippen molar-refractivity contribution in [1.82, 2.24) is 9.88 Å². The fraction of sp³-hybridized carbons (Fsp3) is 0.407. The van der Waals surface area contributed by atoms with Crippen LogP contribution in [0.2, 0.25) is 0 Å². The van der Waals surface area contributed by atoms with Gasteiger partial charge in [0.05, 0.1) is 17.5 Å². The Kier molecular flexibility index (Phi) is 7.22. The number of nitrogens with one attached hydrogen (secondary N) is 1. The van der Waals surface area contributed by atoms with Gasteiger partial charge in [-0.25, -0.2) is 4.79 Å². The molecule has 7 heteroatoms. The van der Waals surface area contributed by atoms with E-state index in [0.717, 1.165) is 43.1 Å². The molecule has 0 aliphatic heterocycles. The van der Waals surface area contributed by atoms with Gasteiger partial charge in [0, 0.05) is 23.2 Å². The number of rotatable bonds is 7. The Morgan fingerprint density at radius 1 is 1.06 bits per heavy atom. The number of aromatic nitrogens is 1. The highest BCUT2D eigenvalue weighted by molar-refractivity contribution is 5.91. The lowest BCUT2D eigenvalue weighted by Gasteiger charge is -2.32. The average Bonchev–Trinajstić information content (AvgIpc) is 3.19. The Labute approximate surface area is 199 Å². The third kappa shape index (κ3) is 4.94. The van der Waals surface area contributed by atoms with E-state index in [9.17, 15) is 24.9 Å². The molecule has 1 saturated carbocycles. The fourth-order valence-electron chi connectivity index (χ4n) is 5.26. The molecule has 0 radical (unpaired) electrons. The summed E-state index contributed by atoms with van der Waals surface area (Å²) in [7, 11) is 0. The van der Waals surface area contributed by atoms with Gasteiger partial charge < -0.3 is 20.6 Å². The topological polar surface area (TPSA) is 112 Å². The molecule has 0 unspecified atom stereocenters. The van der Waals surface area contributed by atoms with Gasteiger partial charge in [0.1, 0.15) is 5.75 Å². The Morgan fingerprint density at radius 2 is 1.74 bits per heavy atom. The summed E-state index contributed by atoms with van der Waals surface area (Å²) in [5.41, 5.74) is 1.84. The minimum Gasteiger partial charge on any atom is -0.508 e. The number of aliphatic hydroxyl groups is 1. The van der Waals surface area contributed by atoms with E-state index in [1.165, 1.54) is 10.6 Å². The average molecular weight is 465 g/mol. The summed E-state index contributed by atoms with van der Waals surface area (Å²) in [6.45, 7) is 1.86. The number of para-hydroxylation sites is 2. The molecule has 7 nitrogen and oxygen atoms in total. The molecule has 1 aliphatic rings. The van der Waals surface area contributed by atoms with Crippen LogP contribution in [0.3, 0.4) is 0 Å². The largest absolute Gasteiger partial charge is 0.508 e. The number of aromatic hydroxyl groups is 1. The summed E-state index contributed by atoms with van der Waals surface area (Å²) in [5, 5.41) is 35.1. The highest BCUT2D eigenvalue weighted by Gasteiger charge is 2.36. The first-order valence-electron chi connectivity index (χ1n) is 12.0. The standard InChI is InChI=1S/C27H32N2O5/c1-17(15-19-16-29(27(33)34)22-13-7-5-11-20(19)22)28-26(32)24(21-12-6-8-14-23(21)30)25(31)18-9-3-2-4-10-18/h5-8,11-14,16-18,24-25,30-31H,2-4,9-10,15H2,1H3,(H,28,32)(H,33,34)/t17-,24+,25+/m1/s1. The molecule has 2 aromatic carbocycles. The number of nitrogens with zero attached hydrogens (tertiary/aromatic N) is 1. The van der Waals surface area contributed by atoms with Crippen molar-refractivity contribution in [3.63, 3.8) is 0 Å². The van der Waals surface area contributed by atoms with Crippen LogP contribution >= 0.6 is 0 Å². The second-order valence-electron chi connectivity index (χ2n) is 9.36. The van der Waals surface area contributed by atoms with E-state index in [2.05, 4.69) is 5.32 Å². The normalized spacial score (nSPS) is 17.2. The summed E-state index contributed by atoms with van der Waals surface area (Å²) >= 11 is 0. The molecule has 3 aromatic rings. The SMILES string of the molecule is C[C@H](Cc1cn(C(=O)O)c2ccccc12)NC(=O)[C@@H](c1ccccc1O)[C@@H](O)C1CCCCC1. The lowest BCUT2D eigenvalue weighted by Crippen LogP contribution is -2.43. The molecule has 34 heavy (non-hydrogen) atoms. The number of aliphatic hydroxyl groups excluding tert-OH is 1. The van der Waals surface area contributed by atoms with Gasteiger partial charge in [0.2, 0.25) is 5.91 Å². The van der Waals surface area contributed by atoms with Crippen molar-refractivity contribution in [3.05, 3.63) is 65.9 Å². The van der Waals surface area contributed by atoms with Crippen LogP contribution in [0.4, 0.5) is 4.79 Å². The van der Waals surface area contributed by atoms with Crippen LogP contribution in [-0.4, -0.2) is 44.0 Å². The zero-order valence-electron chi connectivity index (χ0n) is 19.4. The number of carboxylic acid groups (broad SMARTS) is 1. The number of benzene rings is 2. The zero-order valence-corrected chi connectivity index (χ0v) is 19.4. The number of amides is 1. The first-order valence-corrected chi connectivity index (χ1v) is 12.0. The summed E-state index contributed by atoms with van der Waals surface area (Å²) in [4.78, 5) is 25.1. The minimum absolute atomic E-state index is 0.00492. The molecule has 0 saturated heterocycles. The van der Waals surface area contributed by atoms with Crippen LogP contribution in [0, 0.1) is 5.92 Å². The number of carbonyl (C=O) groups is 2. The quantitative estimate of drug-likeness (QED) is 0.407. The molecule has 1 aromatic heterocycles. The van der Waals surface area contributed by atoms with Gasteiger partial charge in [-0.1, -0.05) is 55.7 Å². The summed E-state index contributed by atoms with van der Waals surface area (Å²) in [5.74, 6) is -1.22. The summed E-state index contributed by atoms with van der Waals surface area (Å²) in [6, 6.07) is 13.6. The van der Waals surface area contributed by atoms with E-state index in [1.54, 1.807) is 36.5 Å². The van der Waals surface area contributed by atoms with Crippen molar-refractivity contribution >= 4 is 22.9 Å². The van der Waals surface area contributed by atoms with Gasteiger partial charge in [-0.2, -0.15) is 0 Å². The molecule has 4 rings (SSSR count). The maximum atomic E-state index is 13.5. The lowest BCUT2D eigenvalue weighted by atomic mass is 9.77. The Morgan fingerprint density at radius 3 is 2.44 bits per heavy atom. The molecule has 1 aliphatic carbocycles. The van der Waals surface area contributed by atoms with E-state index in [1.807, 2.05) is 19.1 Å². The first-order chi connectivity index (χ1) is 16.4. The van der Waals surface area contributed by atoms with E-state index in [-0.39, 0.29) is 23.6 Å². The summed E-state index contributed by atoms with van der Waals surface area (Å²) < 4.78 is 1.19. The molecule has 0 bridgehead atoms. The molecular weight excluding hydrogens is 432 g/mol. The third-order valence-electron chi connectivity index (χ3n) is 6.94. The van der Waals surface area contributed by atoms with Crippen molar-refractivity contribution in [1.29, 1.82) is 0 Å². The van der Waals surface area contributed by atoms with Gasteiger partial charge in [0.15, 0.2) is 0 Å². The van der Waals surface area contributed by atoms with Crippen LogP contribution in [0.5, 0.6) is 5.75 Å². The number of phenolic OH excluding ortho intramolecular Hbond substituents is 1. The Balaban J connectivity index is 1.56. The van der Waals surface area contributed by atoms with Crippen molar-refractivity contribution in [2.45, 2.75) is 63.5 Å². The van der Waals surface area contributed by atoms with E-state index in [4.69, 9.17) is 0 Å². The van der Waals surface area contributed by atoms with Crippen LogP contribution in [0.15, 0.2) is 54.7 Å². The third-order valence-corrected chi connectivity index (χ3v) is 6.94. The molecular formula is C27H32N2O5. The molecule has 4 N–H and O–H groups in total. The van der Waals surface area contributed by atoms with Gasteiger partial charge >= 0.3 is 6.09 Å². The van der Waals surface area contributed by atoms with Gasteiger partial charge in [-0.3, -0.25) is 9.36 Å². The van der Waals surface area contributed by atoms with Gasteiger partial charge in [-0.15, -0.1) is 0 Å². The van der Waals surface area contributed by atoms with E-state index >= 15 is 0 Å². The van der Waals surface area contributed by atoms with Crippen molar-refractivity contribution < 1.29 is 24.9 Å². The maximum Gasteiger partial charge on any atom is 0.416 e. The zero-order chi connectivity index (χ0) is 24.2. The monoisotopic (exact) mass is 464 g/mol. The summed E-state index contributed by atoms with van der Waals surface area (Å²) in [6.07, 6.45) is 4.99. The molecule has 1 fully saturated rings. The van der Waals surface area contributed by atoms with Crippen LogP contribution < -0.4 is 5.32 Å². The Hall–Kier alpha value is -3.32. The molecule has 0 spiro atoms. The van der Waals surface area contributed by atoms with Gasteiger partial charge in [0.25, 0.3) is 0 Å². The van der Waals surface area contributed by atoms with Crippen molar-refractivity contribution in [3.8, 4) is 5.75 Å². The Bertz CT molecular complexity index is 1160. The molecule has 3 atom stereocenters. The number of carbonyl (C=O) groups excluding carboxylic acids is 1. The smallest absolute Gasteiger partial charge is 0.416 e. The number of hydrogen-bond acceptors (Lipinski definition) is 4. The van der Waals surface area contributed by atoms with Gasteiger partial charge in [-0.05, 0) is 49.8 Å². The molecule has 1 heterocycles. The van der Waals surface area contributed by atoms with E-state index in [0.29, 0.717) is 17.5 Å². The number of hydrogen-bond donors (Lipinski definition) is 4. The van der Waals surface area contributed by atoms with E-state index < -0.39 is 18.1 Å². The fourth-order valence-corrected chi connectivity index (χ4v) is 5.26. The van der Waals surface area contributed by atoms with Crippen LogP contribution in [0.1, 0.15) is 56.1 Å². The lowest BCUT2D eigenvalue weighted by molar-refractivity contribution is -0.127. The first kappa shape index (κ1) is 23.8. The van der Waals surface area contributed by atoms with Crippen LogP contribution in [0.25, 0.3) is 10.9 Å². The molecule has 1 amide bonds. The molecule has 180 valence electrons. The van der Waals surface area contributed by atoms with Crippen molar-refractivity contribution in [2.75, 3.05) is 0 Å². The predicted molar refractivity (Wildman–Crippen MR) is 130 cm³/mol. The predicted octanol–water partition coefficient (Wildman–Crippen LogP) is 4.65. The highest BCUT2D eigenvalue weighted by atomic mass is 16.4. The number of fused-ring (bicyclic) bond motifs is 1. The van der Waals surface area contributed by atoms with Crippen LogP contribution in [-0.2, 0) is 11.2 Å². The minimum atomic E-state index is -1.06. The van der Waals surface area contributed by atoms with Crippen molar-refractivity contribution in [2.24, 2.45) is 5.92 Å².